The maximum Gasteiger partial charge on any atom is 0.297 e. The molecule has 0 radical (unpaired) electrons. The lowest BCUT2D eigenvalue weighted by molar-refractivity contribution is 0.0971. The monoisotopic (exact) mass is 468 g/mol. The number of anilines is 1. The first-order valence-corrected chi connectivity index (χ1v) is 11.7. The second kappa shape index (κ2) is 7.53. The first kappa shape index (κ1) is 20.6. The Morgan fingerprint density at radius 2 is 1.79 bits per heavy atom. The van der Waals surface area contributed by atoms with Gasteiger partial charge < -0.3 is 9.15 Å². The highest BCUT2D eigenvalue weighted by Crippen LogP contribution is 2.44. The number of methoxy groups -OCH3 is 1. The number of benzene rings is 3. The summed E-state index contributed by atoms with van der Waals surface area (Å²) in [4.78, 5) is 33.9. The molecule has 34 heavy (non-hydrogen) atoms. The molecule has 1 amide bonds. The van der Waals surface area contributed by atoms with Gasteiger partial charge in [0.2, 0.25) is 5.76 Å². The fourth-order valence-corrected chi connectivity index (χ4v) is 5.62. The molecule has 0 N–H and O–H groups in total. The van der Waals surface area contributed by atoms with Gasteiger partial charge in [-0.15, -0.1) is 0 Å². The number of fused-ring (bicyclic) bond motifs is 3. The van der Waals surface area contributed by atoms with E-state index >= 15 is 0 Å². The van der Waals surface area contributed by atoms with Gasteiger partial charge in [0.15, 0.2) is 10.6 Å². The lowest BCUT2D eigenvalue weighted by Gasteiger charge is -2.22. The summed E-state index contributed by atoms with van der Waals surface area (Å²) in [5.74, 6) is 0.321. The molecule has 0 saturated heterocycles. The molecule has 2 aromatic heterocycles. The smallest absolute Gasteiger partial charge is 0.297 e. The van der Waals surface area contributed by atoms with Crippen molar-refractivity contribution in [2.75, 3.05) is 12.0 Å². The van der Waals surface area contributed by atoms with E-state index in [2.05, 4.69) is 0 Å². The zero-order valence-electron chi connectivity index (χ0n) is 18.8. The lowest BCUT2D eigenvalue weighted by Crippen LogP contribution is -2.29. The molecule has 7 heteroatoms. The highest BCUT2D eigenvalue weighted by atomic mass is 32.1. The van der Waals surface area contributed by atoms with Crippen molar-refractivity contribution in [2.45, 2.75) is 19.9 Å². The third-order valence-electron chi connectivity index (χ3n) is 6.17. The topological polar surface area (TPSA) is 72.6 Å². The molecule has 0 saturated carbocycles. The van der Waals surface area contributed by atoms with E-state index in [4.69, 9.17) is 14.1 Å². The highest BCUT2D eigenvalue weighted by molar-refractivity contribution is 7.22. The fraction of sp³-hybridized carbons (Fsp3) is 0.148. The van der Waals surface area contributed by atoms with Gasteiger partial charge >= 0.3 is 0 Å². The van der Waals surface area contributed by atoms with Crippen molar-refractivity contribution in [3.05, 3.63) is 98.9 Å². The Kier molecular flexibility index (Phi) is 4.57. The predicted molar refractivity (Wildman–Crippen MR) is 133 cm³/mol. The summed E-state index contributed by atoms with van der Waals surface area (Å²) < 4.78 is 12.5. The molecule has 1 aliphatic heterocycles. The second-order valence-corrected chi connectivity index (χ2v) is 9.50. The number of nitrogens with zero attached hydrogens (tertiary/aromatic N) is 2. The lowest BCUT2D eigenvalue weighted by atomic mass is 9.98. The molecular formula is C27H20N2O4S. The standard InChI is InChI=1S/C27H20N2O4S/c1-14-8-10-20-18(11-14)24(30)22-23(16-5-4-6-17(13-16)32-3)29(26(31)25(22)33-20)27-28-19-9-7-15(2)12-21(19)34-27/h4-13,23H,1-3H3/t23-/m0/s1. The van der Waals surface area contributed by atoms with Crippen molar-refractivity contribution in [1.82, 2.24) is 4.98 Å². The fourth-order valence-electron chi connectivity index (χ4n) is 4.53. The number of ether oxygens (including phenoxy) is 1. The Bertz CT molecular complexity index is 1680. The second-order valence-electron chi connectivity index (χ2n) is 8.50. The summed E-state index contributed by atoms with van der Waals surface area (Å²) in [6.45, 7) is 3.94. The SMILES string of the molecule is COc1cccc([C@H]2c3c(oc4ccc(C)cc4c3=O)C(=O)N2c2nc3ccc(C)cc3s2)c1. The van der Waals surface area contributed by atoms with E-state index < -0.39 is 6.04 Å². The first-order valence-electron chi connectivity index (χ1n) is 10.9. The van der Waals surface area contributed by atoms with Gasteiger partial charge in [0.25, 0.3) is 5.91 Å². The van der Waals surface area contributed by atoms with Gasteiger partial charge in [-0.05, 0) is 61.4 Å². The molecular weight excluding hydrogens is 448 g/mol. The van der Waals surface area contributed by atoms with Gasteiger partial charge in [-0.25, -0.2) is 4.98 Å². The van der Waals surface area contributed by atoms with Crippen molar-refractivity contribution >= 4 is 43.6 Å². The third kappa shape index (κ3) is 3.04. The number of amides is 1. The van der Waals surface area contributed by atoms with Crippen molar-refractivity contribution < 1.29 is 13.9 Å². The molecule has 1 atom stereocenters. The summed E-state index contributed by atoms with van der Waals surface area (Å²) in [5.41, 5.74) is 4.13. The number of thiazole rings is 1. The quantitative estimate of drug-likeness (QED) is 0.336. The van der Waals surface area contributed by atoms with E-state index in [1.165, 1.54) is 11.3 Å². The molecule has 3 aromatic carbocycles. The molecule has 0 aliphatic carbocycles. The maximum atomic E-state index is 13.8. The van der Waals surface area contributed by atoms with Crippen LogP contribution in [0.15, 0.2) is 69.9 Å². The van der Waals surface area contributed by atoms with Gasteiger partial charge in [0.05, 0.1) is 34.3 Å². The normalized spacial score (nSPS) is 15.3. The summed E-state index contributed by atoms with van der Waals surface area (Å²) >= 11 is 1.42. The number of aryl methyl sites for hydroxylation is 2. The summed E-state index contributed by atoms with van der Waals surface area (Å²) in [5, 5.41) is 0.977. The van der Waals surface area contributed by atoms with Crippen LogP contribution in [0.2, 0.25) is 0 Å². The van der Waals surface area contributed by atoms with E-state index in [0.29, 0.717) is 27.4 Å². The predicted octanol–water partition coefficient (Wildman–Crippen LogP) is 5.78. The molecule has 0 unspecified atom stereocenters. The number of rotatable bonds is 3. The van der Waals surface area contributed by atoms with Crippen LogP contribution in [-0.2, 0) is 0 Å². The van der Waals surface area contributed by atoms with E-state index in [-0.39, 0.29) is 17.1 Å². The van der Waals surface area contributed by atoms with Crippen molar-refractivity contribution in [3.8, 4) is 5.75 Å². The van der Waals surface area contributed by atoms with Gasteiger partial charge in [-0.3, -0.25) is 14.5 Å². The van der Waals surface area contributed by atoms with Crippen molar-refractivity contribution in [1.29, 1.82) is 0 Å². The van der Waals surface area contributed by atoms with Crippen LogP contribution in [0.1, 0.15) is 38.9 Å². The van der Waals surface area contributed by atoms with E-state index in [1.807, 2.05) is 62.4 Å². The molecule has 3 heterocycles. The van der Waals surface area contributed by atoms with Crippen LogP contribution in [0.5, 0.6) is 5.75 Å². The molecule has 0 bridgehead atoms. The Balaban J connectivity index is 1.64. The van der Waals surface area contributed by atoms with Crippen molar-refractivity contribution in [2.24, 2.45) is 0 Å². The molecule has 5 aromatic rings. The minimum atomic E-state index is -0.680. The van der Waals surface area contributed by atoms with E-state index in [1.54, 1.807) is 24.1 Å². The zero-order valence-corrected chi connectivity index (χ0v) is 19.6. The zero-order chi connectivity index (χ0) is 23.6. The number of carbonyl (C=O) groups is 1. The number of hydrogen-bond acceptors (Lipinski definition) is 6. The molecule has 168 valence electrons. The van der Waals surface area contributed by atoms with Crippen LogP contribution in [0.4, 0.5) is 5.13 Å². The average molecular weight is 469 g/mol. The van der Waals surface area contributed by atoms with E-state index in [9.17, 15) is 9.59 Å². The highest BCUT2D eigenvalue weighted by Gasteiger charge is 2.45. The summed E-state index contributed by atoms with van der Waals surface area (Å²) in [6.07, 6.45) is 0. The van der Waals surface area contributed by atoms with Crippen LogP contribution in [0.25, 0.3) is 21.2 Å². The van der Waals surface area contributed by atoms with Crippen LogP contribution >= 0.6 is 11.3 Å². The van der Waals surface area contributed by atoms with Crippen LogP contribution in [0, 0.1) is 13.8 Å². The van der Waals surface area contributed by atoms with Crippen LogP contribution in [-0.4, -0.2) is 18.0 Å². The Morgan fingerprint density at radius 3 is 2.62 bits per heavy atom. The third-order valence-corrected chi connectivity index (χ3v) is 7.19. The minimum Gasteiger partial charge on any atom is -0.497 e. The minimum absolute atomic E-state index is 0.0598. The van der Waals surface area contributed by atoms with Crippen LogP contribution < -0.4 is 15.1 Å². The van der Waals surface area contributed by atoms with Crippen molar-refractivity contribution in [3.63, 3.8) is 0 Å². The Morgan fingerprint density at radius 1 is 1.00 bits per heavy atom. The molecule has 6 rings (SSSR count). The molecule has 0 fully saturated rings. The first-order chi connectivity index (χ1) is 16.4. The number of aromatic nitrogens is 1. The number of hydrogen-bond donors (Lipinski definition) is 0. The average Bonchev–Trinajstić information content (AvgIpc) is 3.38. The Hall–Kier alpha value is -3.97. The largest absolute Gasteiger partial charge is 0.497 e. The van der Waals surface area contributed by atoms with Crippen LogP contribution in [0.3, 0.4) is 0 Å². The molecule has 1 aliphatic rings. The maximum absolute atomic E-state index is 13.8. The van der Waals surface area contributed by atoms with Gasteiger partial charge in [-0.2, -0.15) is 0 Å². The van der Waals surface area contributed by atoms with Gasteiger partial charge in [0, 0.05) is 0 Å². The summed E-state index contributed by atoms with van der Waals surface area (Å²) in [7, 11) is 1.59. The molecule has 6 nitrogen and oxygen atoms in total. The van der Waals surface area contributed by atoms with Gasteiger partial charge in [-0.1, -0.05) is 41.2 Å². The Labute approximate surface area is 199 Å². The summed E-state index contributed by atoms with van der Waals surface area (Å²) in [6, 6.07) is 18.1. The number of carbonyl (C=O) groups excluding carboxylic acids is 1. The van der Waals surface area contributed by atoms with Gasteiger partial charge in [0.1, 0.15) is 11.3 Å². The molecule has 0 spiro atoms. The van der Waals surface area contributed by atoms with E-state index in [0.717, 1.165) is 26.9 Å².